The number of aliphatic hydroxyl groups is 1. The molecule has 102 valence electrons. The van der Waals surface area contributed by atoms with Gasteiger partial charge in [0, 0.05) is 12.8 Å². The van der Waals surface area contributed by atoms with Crippen molar-refractivity contribution in [1.29, 1.82) is 0 Å². The highest BCUT2D eigenvalue weighted by molar-refractivity contribution is 7.90. The molecule has 0 fully saturated rings. The fourth-order valence-electron chi connectivity index (χ4n) is 1.21. The van der Waals surface area contributed by atoms with Crippen molar-refractivity contribution in [1.82, 2.24) is 5.32 Å². The Balaban J connectivity index is 3.51. The molecule has 6 nitrogen and oxygen atoms in total. The highest BCUT2D eigenvalue weighted by atomic mass is 32.2. The largest absolute Gasteiger partial charge is 0.466 e. The van der Waals surface area contributed by atoms with Gasteiger partial charge in [-0.2, -0.15) is 0 Å². The van der Waals surface area contributed by atoms with Gasteiger partial charge in [0.15, 0.2) is 0 Å². The lowest BCUT2D eigenvalue weighted by molar-refractivity contribution is -0.145. The number of rotatable bonds is 9. The molecule has 7 heteroatoms. The second kappa shape index (κ2) is 8.43. The van der Waals surface area contributed by atoms with Crippen LogP contribution in [0.15, 0.2) is 0 Å². The third kappa shape index (κ3) is 11.6. The molecule has 1 unspecified atom stereocenters. The Bertz CT molecular complexity index is 315. The molecule has 0 saturated heterocycles. The van der Waals surface area contributed by atoms with Gasteiger partial charge < -0.3 is 15.2 Å². The summed E-state index contributed by atoms with van der Waals surface area (Å²) in [7, 11) is -2.93. The lowest BCUT2D eigenvalue weighted by Crippen LogP contribution is -2.30. The van der Waals surface area contributed by atoms with Crippen molar-refractivity contribution < 1.29 is 23.1 Å². The molecule has 0 aliphatic carbocycles. The third-order valence-electron chi connectivity index (χ3n) is 1.96. The number of hydrogen-bond donors (Lipinski definition) is 2. The molecule has 0 aromatic rings. The molecular formula is C10H21NO5S. The van der Waals surface area contributed by atoms with Crippen molar-refractivity contribution in [3.63, 3.8) is 0 Å². The predicted molar refractivity (Wildman–Crippen MR) is 64.5 cm³/mol. The number of hydrogen-bond acceptors (Lipinski definition) is 6. The van der Waals surface area contributed by atoms with Gasteiger partial charge in [-0.05, 0) is 19.9 Å². The minimum absolute atomic E-state index is 0.0487. The van der Waals surface area contributed by atoms with Gasteiger partial charge in [0.25, 0.3) is 0 Å². The molecule has 0 aromatic carbocycles. The Kier molecular flexibility index (Phi) is 8.11. The van der Waals surface area contributed by atoms with Crippen LogP contribution < -0.4 is 5.32 Å². The maximum absolute atomic E-state index is 11.0. The summed E-state index contributed by atoms with van der Waals surface area (Å²) in [5.74, 6) is -0.313. The fourth-order valence-corrected chi connectivity index (χ4v) is 1.88. The number of nitrogens with one attached hydrogen (secondary N) is 1. The van der Waals surface area contributed by atoms with Crippen molar-refractivity contribution in [2.45, 2.75) is 25.9 Å². The first-order valence-corrected chi connectivity index (χ1v) is 7.63. The van der Waals surface area contributed by atoms with E-state index >= 15 is 0 Å². The van der Waals surface area contributed by atoms with E-state index in [2.05, 4.69) is 10.1 Å². The van der Waals surface area contributed by atoms with Crippen LogP contribution in [-0.2, 0) is 19.4 Å². The number of aliphatic hydroxyl groups excluding tert-OH is 1. The number of carbonyl (C=O) groups is 1. The van der Waals surface area contributed by atoms with Crippen LogP contribution in [0.2, 0.25) is 0 Å². The summed E-state index contributed by atoms with van der Waals surface area (Å²) in [6.07, 6.45) is 0.827. The molecule has 0 aliphatic heterocycles. The molecule has 0 heterocycles. The van der Waals surface area contributed by atoms with Crippen LogP contribution in [0.25, 0.3) is 0 Å². The first-order valence-electron chi connectivity index (χ1n) is 5.57. The van der Waals surface area contributed by atoms with E-state index in [4.69, 9.17) is 0 Å². The van der Waals surface area contributed by atoms with Crippen molar-refractivity contribution in [3.05, 3.63) is 0 Å². The number of sulfone groups is 1. The van der Waals surface area contributed by atoms with Crippen LogP contribution in [-0.4, -0.2) is 57.3 Å². The van der Waals surface area contributed by atoms with E-state index < -0.39 is 21.9 Å². The van der Waals surface area contributed by atoms with E-state index in [1.807, 2.05) is 0 Å². The van der Waals surface area contributed by atoms with E-state index in [1.165, 1.54) is 6.26 Å². The second-order valence-electron chi connectivity index (χ2n) is 3.85. The van der Waals surface area contributed by atoms with E-state index in [0.717, 1.165) is 0 Å². The molecule has 0 radical (unpaired) electrons. The quantitative estimate of drug-likeness (QED) is 0.425. The zero-order valence-electron chi connectivity index (χ0n) is 10.3. The molecule has 0 saturated carbocycles. The molecule has 0 amide bonds. The monoisotopic (exact) mass is 267 g/mol. The lowest BCUT2D eigenvalue weighted by atomic mass is 10.2. The summed E-state index contributed by atoms with van der Waals surface area (Å²) in [6, 6.07) is 0. The van der Waals surface area contributed by atoms with Gasteiger partial charge >= 0.3 is 5.97 Å². The minimum atomic E-state index is -2.93. The third-order valence-corrected chi connectivity index (χ3v) is 2.99. The Morgan fingerprint density at radius 2 is 2.12 bits per heavy atom. The number of carbonyl (C=O) groups excluding carboxylic acids is 1. The molecule has 0 rings (SSSR count). The molecule has 1 atom stereocenters. The van der Waals surface area contributed by atoms with Crippen LogP contribution >= 0.6 is 0 Å². The smallest absolute Gasteiger partial charge is 0.308 e. The normalized spacial score (nSPS) is 13.4. The van der Waals surface area contributed by atoms with Crippen LogP contribution in [0, 0.1) is 0 Å². The maximum atomic E-state index is 11.0. The van der Waals surface area contributed by atoms with Crippen LogP contribution in [0.3, 0.4) is 0 Å². The zero-order chi connectivity index (χ0) is 13.3. The summed E-state index contributed by atoms with van der Waals surface area (Å²) in [5.41, 5.74) is 0. The molecular weight excluding hydrogens is 246 g/mol. The summed E-state index contributed by atoms with van der Waals surface area (Å²) >= 11 is 0. The molecule has 2 N–H and O–H groups in total. The molecule has 0 bridgehead atoms. The fraction of sp³-hybridized carbons (Fsp3) is 0.900. The van der Waals surface area contributed by atoms with Crippen LogP contribution in [0.4, 0.5) is 0 Å². The summed E-state index contributed by atoms with van der Waals surface area (Å²) in [4.78, 5) is 11.0. The highest BCUT2D eigenvalue weighted by Gasteiger charge is 2.10. The predicted octanol–water partition coefficient (Wildman–Crippen LogP) is -0.675. The average Bonchev–Trinajstić information content (AvgIpc) is 2.15. The van der Waals surface area contributed by atoms with E-state index in [-0.39, 0.29) is 18.7 Å². The maximum Gasteiger partial charge on any atom is 0.308 e. The van der Waals surface area contributed by atoms with Crippen molar-refractivity contribution in [2.75, 3.05) is 31.7 Å². The van der Waals surface area contributed by atoms with E-state index in [0.29, 0.717) is 19.6 Å². The van der Waals surface area contributed by atoms with E-state index in [1.54, 1.807) is 6.92 Å². The van der Waals surface area contributed by atoms with Gasteiger partial charge in [-0.3, -0.25) is 4.79 Å². The number of esters is 1. The van der Waals surface area contributed by atoms with Crippen molar-refractivity contribution in [3.8, 4) is 0 Å². The Morgan fingerprint density at radius 1 is 1.47 bits per heavy atom. The first kappa shape index (κ1) is 16.3. The van der Waals surface area contributed by atoms with Gasteiger partial charge in [0.1, 0.15) is 9.84 Å². The molecule has 0 aliphatic rings. The molecule has 0 aromatic heterocycles. The standard InChI is InChI=1S/C10H21NO5S/c1-3-16-10(13)7-9(12)8-11-5-4-6-17(2,14)15/h9,11-12H,3-8H2,1-2H3. The SMILES string of the molecule is CCOC(=O)CC(O)CNCCCS(C)(=O)=O. The van der Waals surface area contributed by atoms with Crippen molar-refractivity contribution >= 4 is 15.8 Å². The zero-order valence-corrected chi connectivity index (χ0v) is 11.1. The van der Waals surface area contributed by atoms with Gasteiger partial charge in [0.05, 0.1) is 24.9 Å². The lowest BCUT2D eigenvalue weighted by Gasteiger charge is -2.10. The highest BCUT2D eigenvalue weighted by Crippen LogP contribution is 1.94. The molecule has 0 spiro atoms. The average molecular weight is 267 g/mol. The summed E-state index contributed by atoms with van der Waals surface area (Å²) < 4.78 is 26.3. The van der Waals surface area contributed by atoms with Gasteiger partial charge in [0.2, 0.25) is 0 Å². The first-order chi connectivity index (χ1) is 7.85. The number of ether oxygens (including phenoxy) is 1. The Morgan fingerprint density at radius 3 is 2.65 bits per heavy atom. The van der Waals surface area contributed by atoms with E-state index in [9.17, 15) is 18.3 Å². The Hall–Kier alpha value is -0.660. The topological polar surface area (TPSA) is 92.7 Å². The summed E-state index contributed by atoms with van der Waals surface area (Å²) in [6.45, 7) is 2.75. The van der Waals surface area contributed by atoms with Crippen LogP contribution in [0.5, 0.6) is 0 Å². The van der Waals surface area contributed by atoms with Crippen LogP contribution in [0.1, 0.15) is 19.8 Å². The van der Waals surface area contributed by atoms with Crippen molar-refractivity contribution in [2.24, 2.45) is 0 Å². The van der Waals surface area contributed by atoms with Gasteiger partial charge in [-0.15, -0.1) is 0 Å². The van der Waals surface area contributed by atoms with Gasteiger partial charge in [-0.1, -0.05) is 0 Å². The summed E-state index contributed by atoms with van der Waals surface area (Å²) in [5, 5.41) is 12.3. The Labute approximate surface area is 102 Å². The minimum Gasteiger partial charge on any atom is -0.466 e. The molecule has 17 heavy (non-hydrogen) atoms. The second-order valence-corrected chi connectivity index (χ2v) is 6.11. The van der Waals surface area contributed by atoms with Gasteiger partial charge in [-0.25, -0.2) is 8.42 Å².